The first kappa shape index (κ1) is 14.7. The zero-order chi connectivity index (χ0) is 13.7. The van der Waals surface area contributed by atoms with Crippen molar-refractivity contribution in [3.63, 3.8) is 0 Å². The van der Waals surface area contributed by atoms with Gasteiger partial charge in [0.2, 0.25) is 0 Å². The van der Waals surface area contributed by atoms with E-state index in [4.69, 9.17) is 4.74 Å². The van der Waals surface area contributed by atoms with Crippen LogP contribution in [-0.2, 0) is 17.6 Å². The van der Waals surface area contributed by atoms with E-state index in [1.807, 2.05) is 13.8 Å². The second-order valence-electron chi connectivity index (χ2n) is 4.64. The average molecular weight is 248 g/mol. The smallest absolute Gasteiger partial charge is 0.338 e. The van der Waals surface area contributed by atoms with Crippen LogP contribution in [0.5, 0.6) is 0 Å². The van der Waals surface area contributed by atoms with Gasteiger partial charge in [-0.2, -0.15) is 0 Å². The van der Waals surface area contributed by atoms with Crippen molar-refractivity contribution in [1.82, 2.24) is 0 Å². The molecule has 0 spiro atoms. The molecule has 0 aliphatic carbocycles. The molecule has 0 saturated carbocycles. The zero-order valence-corrected chi connectivity index (χ0v) is 12.2. The Bertz CT molecular complexity index is 433. The van der Waals surface area contributed by atoms with Crippen LogP contribution in [0.2, 0.25) is 0 Å². The fourth-order valence-corrected chi connectivity index (χ4v) is 2.38. The van der Waals surface area contributed by atoms with E-state index in [1.54, 1.807) is 0 Å². The predicted molar refractivity (Wildman–Crippen MR) is 75.2 cm³/mol. The minimum absolute atomic E-state index is 0.177. The molecule has 0 N–H and O–H groups in total. The Kier molecular flexibility index (Phi) is 5.39. The summed E-state index contributed by atoms with van der Waals surface area (Å²) in [7, 11) is 0. The number of rotatable bonds is 5. The molecule has 0 aliphatic heterocycles. The Morgan fingerprint density at radius 3 is 2.28 bits per heavy atom. The van der Waals surface area contributed by atoms with E-state index < -0.39 is 0 Å². The van der Waals surface area contributed by atoms with Crippen LogP contribution in [0.3, 0.4) is 0 Å². The number of hydrogen-bond donors (Lipinski definition) is 0. The third-order valence-electron chi connectivity index (χ3n) is 3.47. The van der Waals surface area contributed by atoms with Gasteiger partial charge in [-0.05, 0) is 55.9 Å². The molecule has 0 heterocycles. The molecule has 0 atom stereocenters. The number of ether oxygens (including phenoxy) is 1. The fraction of sp³-hybridized carbons (Fsp3) is 0.562. The summed E-state index contributed by atoms with van der Waals surface area (Å²) in [6.45, 7) is 10.7. The summed E-state index contributed by atoms with van der Waals surface area (Å²) in [6.07, 6.45) is 2.98. The lowest BCUT2D eigenvalue weighted by Crippen LogP contribution is -2.12. The topological polar surface area (TPSA) is 26.3 Å². The lowest BCUT2D eigenvalue weighted by atomic mass is 9.90. The van der Waals surface area contributed by atoms with Gasteiger partial charge in [-0.15, -0.1) is 0 Å². The van der Waals surface area contributed by atoms with Crippen LogP contribution < -0.4 is 0 Å². The van der Waals surface area contributed by atoms with Gasteiger partial charge < -0.3 is 4.74 Å². The van der Waals surface area contributed by atoms with E-state index in [2.05, 4.69) is 26.8 Å². The number of carbonyl (C=O) groups is 1. The molecule has 0 saturated heterocycles. The summed E-state index contributed by atoms with van der Waals surface area (Å²) in [5, 5.41) is 0. The standard InChI is InChI=1S/C16H24O2/c1-6-9-14-10-13(7-2)11(4)12(5)15(14)16(17)18-8-3/h10H,6-9H2,1-5H3. The van der Waals surface area contributed by atoms with Gasteiger partial charge >= 0.3 is 5.97 Å². The minimum Gasteiger partial charge on any atom is -0.462 e. The lowest BCUT2D eigenvalue weighted by Gasteiger charge is -2.16. The quantitative estimate of drug-likeness (QED) is 0.736. The van der Waals surface area contributed by atoms with E-state index >= 15 is 0 Å². The summed E-state index contributed by atoms with van der Waals surface area (Å²) in [4.78, 5) is 12.1. The second-order valence-corrected chi connectivity index (χ2v) is 4.64. The maximum absolute atomic E-state index is 12.1. The lowest BCUT2D eigenvalue weighted by molar-refractivity contribution is 0.0524. The summed E-state index contributed by atoms with van der Waals surface area (Å²) < 4.78 is 5.19. The summed E-state index contributed by atoms with van der Waals surface area (Å²) in [6, 6.07) is 2.18. The van der Waals surface area contributed by atoms with Crippen LogP contribution in [0.1, 0.15) is 59.8 Å². The van der Waals surface area contributed by atoms with Crippen LogP contribution in [0.25, 0.3) is 0 Å². The number of carbonyl (C=O) groups excluding carboxylic acids is 1. The molecule has 0 radical (unpaired) electrons. The monoisotopic (exact) mass is 248 g/mol. The van der Waals surface area contributed by atoms with Crippen LogP contribution >= 0.6 is 0 Å². The third-order valence-corrected chi connectivity index (χ3v) is 3.47. The molecular weight excluding hydrogens is 224 g/mol. The highest BCUT2D eigenvalue weighted by molar-refractivity contribution is 5.93. The van der Waals surface area contributed by atoms with Crippen molar-refractivity contribution >= 4 is 5.97 Å². The first-order valence-electron chi connectivity index (χ1n) is 6.85. The fourth-order valence-electron chi connectivity index (χ4n) is 2.38. The van der Waals surface area contributed by atoms with Gasteiger partial charge in [0.25, 0.3) is 0 Å². The Morgan fingerprint density at radius 2 is 1.78 bits per heavy atom. The van der Waals surface area contributed by atoms with E-state index in [1.165, 1.54) is 11.1 Å². The number of hydrogen-bond acceptors (Lipinski definition) is 2. The highest BCUT2D eigenvalue weighted by atomic mass is 16.5. The van der Waals surface area contributed by atoms with Crippen LogP contribution in [0.15, 0.2) is 6.07 Å². The normalized spacial score (nSPS) is 10.5. The van der Waals surface area contributed by atoms with Gasteiger partial charge in [-0.3, -0.25) is 0 Å². The predicted octanol–water partition coefficient (Wildman–Crippen LogP) is 4.00. The van der Waals surface area contributed by atoms with Crippen LogP contribution in [0, 0.1) is 13.8 Å². The van der Waals surface area contributed by atoms with Crippen molar-refractivity contribution in [3.8, 4) is 0 Å². The van der Waals surface area contributed by atoms with Gasteiger partial charge in [0.15, 0.2) is 0 Å². The van der Waals surface area contributed by atoms with Gasteiger partial charge in [-0.1, -0.05) is 26.3 Å². The molecule has 0 amide bonds. The second kappa shape index (κ2) is 6.58. The van der Waals surface area contributed by atoms with Gasteiger partial charge in [0.05, 0.1) is 12.2 Å². The molecule has 2 heteroatoms. The van der Waals surface area contributed by atoms with E-state index in [0.717, 1.165) is 36.0 Å². The Morgan fingerprint density at radius 1 is 1.11 bits per heavy atom. The van der Waals surface area contributed by atoms with Crippen LogP contribution in [-0.4, -0.2) is 12.6 Å². The molecule has 1 aromatic rings. The van der Waals surface area contributed by atoms with E-state index in [-0.39, 0.29) is 5.97 Å². The molecule has 0 bridgehead atoms. The molecule has 18 heavy (non-hydrogen) atoms. The molecule has 0 aromatic heterocycles. The summed E-state index contributed by atoms with van der Waals surface area (Å²) >= 11 is 0. The van der Waals surface area contributed by atoms with Crippen molar-refractivity contribution in [1.29, 1.82) is 0 Å². The van der Waals surface area contributed by atoms with E-state index in [9.17, 15) is 4.79 Å². The molecular formula is C16H24O2. The molecule has 0 aliphatic rings. The number of benzene rings is 1. The SMILES string of the molecule is CCCc1cc(CC)c(C)c(C)c1C(=O)OCC. The average Bonchev–Trinajstić information content (AvgIpc) is 2.34. The highest BCUT2D eigenvalue weighted by Crippen LogP contribution is 2.25. The molecule has 0 unspecified atom stereocenters. The third kappa shape index (κ3) is 2.92. The minimum atomic E-state index is -0.177. The molecule has 0 fully saturated rings. The molecule has 1 rings (SSSR count). The Balaban J connectivity index is 3.36. The maximum Gasteiger partial charge on any atom is 0.338 e. The van der Waals surface area contributed by atoms with Gasteiger partial charge in [0.1, 0.15) is 0 Å². The van der Waals surface area contributed by atoms with Crippen molar-refractivity contribution in [2.45, 2.75) is 53.9 Å². The van der Waals surface area contributed by atoms with Crippen molar-refractivity contribution in [2.24, 2.45) is 0 Å². The number of aryl methyl sites for hydroxylation is 2. The maximum atomic E-state index is 12.1. The zero-order valence-electron chi connectivity index (χ0n) is 12.2. The largest absolute Gasteiger partial charge is 0.462 e. The van der Waals surface area contributed by atoms with Crippen LogP contribution in [0.4, 0.5) is 0 Å². The summed E-state index contributed by atoms with van der Waals surface area (Å²) in [5.41, 5.74) is 5.56. The van der Waals surface area contributed by atoms with Crippen molar-refractivity contribution in [3.05, 3.63) is 33.9 Å². The Hall–Kier alpha value is -1.31. The van der Waals surface area contributed by atoms with Crippen molar-refractivity contribution < 1.29 is 9.53 Å². The molecule has 1 aromatic carbocycles. The molecule has 100 valence electrons. The first-order chi connectivity index (χ1) is 8.56. The molecule has 2 nitrogen and oxygen atoms in total. The van der Waals surface area contributed by atoms with Crippen molar-refractivity contribution in [2.75, 3.05) is 6.61 Å². The van der Waals surface area contributed by atoms with E-state index in [0.29, 0.717) is 6.61 Å². The van der Waals surface area contributed by atoms with Gasteiger partial charge in [-0.25, -0.2) is 4.79 Å². The summed E-state index contributed by atoms with van der Waals surface area (Å²) in [5.74, 6) is -0.177. The highest BCUT2D eigenvalue weighted by Gasteiger charge is 2.18. The first-order valence-corrected chi connectivity index (χ1v) is 6.85. The van der Waals surface area contributed by atoms with Gasteiger partial charge in [0, 0.05) is 0 Å². The number of esters is 1. The Labute approximate surface area is 110 Å².